The Morgan fingerprint density at radius 1 is 1.00 bits per heavy atom. The Morgan fingerprint density at radius 2 is 1.71 bits per heavy atom. The third-order valence-corrected chi connectivity index (χ3v) is 6.42. The molecule has 0 bridgehead atoms. The number of likely N-dealkylation sites (tertiary alicyclic amines) is 1. The summed E-state index contributed by atoms with van der Waals surface area (Å²) in [5.74, 6) is -0.686. The fourth-order valence-electron chi connectivity index (χ4n) is 4.65. The largest absolute Gasteiger partial charge is 0.339 e. The van der Waals surface area contributed by atoms with Crippen molar-refractivity contribution < 1.29 is 14.4 Å². The molecule has 2 aliphatic rings. The van der Waals surface area contributed by atoms with E-state index in [-0.39, 0.29) is 36.1 Å². The number of hydrogen-bond donors (Lipinski definition) is 2. The molecular weight excluding hydrogens is 392 g/mol. The zero-order chi connectivity index (χ0) is 22.0. The second-order valence-corrected chi connectivity index (χ2v) is 8.70. The number of benzene rings is 1. The molecule has 7 heteroatoms. The van der Waals surface area contributed by atoms with Crippen LogP contribution in [0.5, 0.6) is 0 Å². The lowest BCUT2D eigenvalue weighted by molar-refractivity contribution is -0.130. The smallest absolute Gasteiger partial charge is 0.270 e. The Labute approximate surface area is 182 Å². The van der Waals surface area contributed by atoms with Gasteiger partial charge in [-0.1, -0.05) is 25.3 Å². The van der Waals surface area contributed by atoms with Gasteiger partial charge in [0.1, 0.15) is 0 Å². The number of amides is 3. The van der Waals surface area contributed by atoms with Crippen LogP contribution in [0.1, 0.15) is 60.3 Å². The molecule has 0 unspecified atom stereocenters. The van der Waals surface area contributed by atoms with Crippen molar-refractivity contribution in [3.8, 4) is 0 Å². The van der Waals surface area contributed by atoms with E-state index in [9.17, 15) is 14.4 Å². The number of aryl methyl sites for hydroxylation is 2. The highest BCUT2D eigenvalue weighted by Gasteiger charge is 2.38. The lowest BCUT2D eigenvalue weighted by Crippen LogP contribution is -2.38. The monoisotopic (exact) mass is 422 g/mol. The minimum absolute atomic E-state index is 0.0811. The van der Waals surface area contributed by atoms with Gasteiger partial charge in [-0.25, -0.2) is 0 Å². The van der Waals surface area contributed by atoms with Crippen LogP contribution in [0.25, 0.3) is 0 Å². The average molecular weight is 423 g/mol. The second-order valence-electron chi connectivity index (χ2n) is 8.70. The number of carbonyl (C=O) groups excluding carboxylic acids is 3. The molecule has 2 heterocycles. The Balaban J connectivity index is 1.39. The van der Waals surface area contributed by atoms with E-state index in [2.05, 4.69) is 10.7 Å². The molecule has 1 aromatic heterocycles. The minimum Gasteiger partial charge on any atom is -0.339 e. The van der Waals surface area contributed by atoms with Gasteiger partial charge in [0.05, 0.1) is 5.92 Å². The van der Waals surface area contributed by atoms with Crippen LogP contribution < -0.4 is 10.7 Å². The fraction of sp³-hybridized carbons (Fsp3) is 0.458. The SMILES string of the molecule is Cc1ccc(C)n1NC(=O)c1cccc(NC(=O)[C@H]2CC(=O)N(C3CCCCC3)C2)c1. The normalized spacial score (nSPS) is 19.5. The van der Waals surface area contributed by atoms with Crippen molar-refractivity contribution in [1.82, 2.24) is 9.58 Å². The first-order chi connectivity index (χ1) is 14.9. The van der Waals surface area contributed by atoms with Crippen LogP contribution in [0.3, 0.4) is 0 Å². The third kappa shape index (κ3) is 4.65. The number of aromatic nitrogens is 1. The van der Waals surface area contributed by atoms with Gasteiger partial charge in [0, 0.05) is 41.6 Å². The predicted molar refractivity (Wildman–Crippen MR) is 119 cm³/mol. The van der Waals surface area contributed by atoms with Crippen LogP contribution in [0.4, 0.5) is 5.69 Å². The molecule has 164 valence electrons. The van der Waals surface area contributed by atoms with E-state index >= 15 is 0 Å². The lowest BCUT2D eigenvalue weighted by Gasteiger charge is -2.31. The molecule has 3 amide bonds. The van der Waals surface area contributed by atoms with Crippen LogP contribution in [-0.2, 0) is 9.59 Å². The Bertz CT molecular complexity index is 971. The van der Waals surface area contributed by atoms with Gasteiger partial charge in [-0.2, -0.15) is 0 Å². The molecule has 1 saturated carbocycles. The highest BCUT2D eigenvalue weighted by atomic mass is 16.2. The fourth-order valence-corrected chi connectivity index (χ4v) is 4.65. The van der Waals surface area contributed by atoms with Crippen molar-refractivity contribution in [2.75, 3.05) is 17.3 Å². The number of anilines is 1. The number of nitrogens with zero attached hydrogens (tertiary/aromatic N) is 2. The zero-order valence-electron chi connectivity index (χ0n) is 18.2. The van der Waals surface area contributed by atoms with E-state index in [0.717, 1.165) is 37.1 Å². The molecule has 1 aromatic carbocycles. The van der Waals surface area contributed by atoms with Crippen molar-refractivity contribution in [3.05, 3.63) is 53.3 Å². The van der Waals surface area contributed by atoms with Crippen LogP contribution in [0.15, 0.2) is 36.4 Å². The van der Waals surface area contributed by atoms with Gasteiger partial charge in [0.15, 0.2) is 0 Å². The highest BCUT2D eigenvalue weighted by molar-refractivity contribution is 6.02. The summed E-state index contributed by atoms with van der Waals surface area (Å²) in [6, 6.07) is 11.0. The number of rotatable bonds is 5. The summed E-state index contributed by atoms with van der Waals surface area (Å²) < 4.78 is 1.73. The number of hydrogen-bond acceptors (Lipinski definition) is 3. The first-order valence-electron chi connectivity index (χ1n) is 11.1. The van der Waals surface area contributed by atoms with Crippen molar-refractivity contribution in [2.45, 2.75) is 58.4 Å². The number of carbonyl (C=O) groups is 3. The molecule has 7 nitrogen and oxygen atoms in total. The molecule has 1 atom stereocenters. The maximum atomic E-state index is 12.8. The van der Waals surface area contributed by atoms with Gasteiger partial charge in [-0.15, -0.1) is 0 Å². The molecule has 2 aromatic rings. The van der Waals surface area contributed by atoms with Gasteiger partial charge in [-0.3, -0.25) is 24.5 Å². The molecule has 31 heavy (non-hydrogen) atoms. The van der Waals surface area contributed by atoms with Crippen LogP contribution in [-0.4, -0.2) is 39.9 Å². The summed E-state index contributed by atoms with van der Waals surface area (Å²) >= 11 is 0. The van der Waals surface area contributed by atoms with E-state index in [1.54, 1.807) is 28.9 Å². The summed E-state index contributed by atoms with van der Waals surface area (Å²) in [7, 11) is 0. The van der Waals surface area contributed by atoms with Gasteiger partial charge in [0.25, 0.3) is 5.91 Å². The standard InChI is InChI=1S/C24H30N4O3/c1-16-11-12-17(2)28(16)26-24(31)18-7-6-8-20(13-18)25-23(30)19-14-22(29)27(15-19)21-9-4-3-5-10-21/h6-8,11-13,19,21H,3-5,9-10,14-15H2,1-2H3,(H,25,30)(H,26,31)/t19-/m0/s1. The second kappa shape index (κ2) is 8.96. The van der Waals surface area contributed by atoms with Crippen molar-refractivity contribution in [1.29, 1.82) is 0 Å². The first-order valence-corrected chi connectivity index (χ1v) is 11.1. The number of nitrogens with one attached hydrogen (secondary N) is 2. The molecule has 4 rings (SSSR count). The van der Waals surface area contributed by atoms with Crippen LogP contribution in [0.2, 0.25) is 0 Å². The van der Waals surface area contributed by atoms with Gasteiger partial charge >= 0.3 is 0 Å². The summed E-state index contributed by atoms with van der Waals surface area (Å²) in [6.07, 6.45) is 5.88. The quantitative estimate of drug-likeness (QED) is 0.772. The Morgan fingerprint density at radius 3 is 2.42 bits per heavy atom. The van der Waals surface area contributed by atoms with E-state index in [4.69, 9.17) is 0 Å². The maximum absolute atomic E-state index is 12.8. The average Bonchev–Trinajstić information content (AvgIpc) is 3.32. The molecule has 0 spiro atoms. The first kappa shape index (κ1) is 21.2. The summed E-state index contributed by atoms with van der Waals surface area (Å²) in [5.41, 5.74) is 5.75. The maximum Gasteiger partial charge on any atom is 0.270 e. The summed E-state index contributed by atoms with van der Waals surface area (Å²) in [4.78, 5) is 39.9. The van der Waals surface area contributed by atoms with E-state index in [0.29, 0.717) is 17.8 Å². The lowest BCUT2D eigenvalue weighted by atomic mass is 9.94. The molecule has 0 radical (unpaired) electrons. The Kier molecular flexibility index (Phi) is 6.11. The zero-order valence-corrected chi connectivity index (χ0v) is 18.2. The summed E-state index contributed by atoms with van der Waals surface area (Å²) in [5, 5.41) is 2.90. The van der Waals surface area contributed by atoms with E-state index in [1.165, 1.54) is 6.42 Å². The van der Waals surface area contributed by atoms with Gasteiger partial charge in [-0.05, 0) is 57.0 Å². The van der Waals surface area contributed by atoms with Crippen LogP contribution in [0, 0.1) is 19.8 Å². The molecule has 1 aliphatic heterocycles. The molecule has 2 fully saturated rings. The van der Waals surface area contributed by atoms with E-state index in [1.807, 2.05) is 30.9 Å². The highest BCUT2D eigenvalue weighted by Crippen LogP contribution is 2.29. The predicted octanol–water partition coefficient (Wildman–Crippen LogP) is 3.61. The van der Waals surface area contributed by atoms with Gasteiger partial charge < -0.3 is 10.2 Å². The molecule has 1 saturated heterocycles. The molecular formula is C24H30N4O3. The minimum atomic E-state index is -0.350. The van der Waals surface area contributed by atoms with E-state index < -0.39 is 0 Å². The van der Waals surface area contributed by atoms with Crippen molar-refractivity contribution >= 4 is 23.4 Å². The molecule has 2 N–H and O–H groups in total. The van der Waals surface area contributed by atoms with Crippen molar-refractivity contribution in [2.24, 2.45) is 5.92 Å². The molecule has 1 aliphatic carbocycles. The third-order valence-electron chi connectivity index (χ3n) is 6.42. The topological polar surface area (TPSA) is 83.4 Å². The van der Waals surface area contributed by atoms with Crippen LogP contribution >= 0.6 is 0 Å². The summed E-state index contributed by atoms with van der Waals surface area (Å²) in [6.45, 7) is 4.33. The van der Waals surface area contributed by atoms with Gasteiger partial charge in [0.2, 0.25) is 11.8 Å². The van der Waals surface area contributed by atoms with Crippen molar-refractivity contribution in [3.63, 3.8) is 0 Å². The Hall–Kier alpha value is -3.09.